The molecule has 2 N–H and O–H groups in total. The summed E-state index contributed by atoms with van der Waals surface area (Å²) in [5.74, 6) is -0.899. The highest BCUT2D eigenvalue weighted by molar-refractivity contribution is 7.10. The average Bonchev–Trinajstić information content (AvgIpc) is 3.45. The zero-order valence-electron chi connectivity index (χ0n) is 21.6. The van der Waals surface area contributed by atoms with Crippen LogP contribution in [0.2, 0.25) is 0 Å². The fourth-order valence-electron chi connectivity index (χ4n) is 5.90. The van der Waals surface area contributed by atoms with Crippen LogP contribution in [0.25, 0.3) is 10.9 Å². The Balaban J connectivity index is 1.53. The van der Waals surface area contributed by atoms with E-state index in [0.29, 0.717) is 24.6 Å². The molecule has 0 radical (unpaired) electrons. The largest absolute Gasteiger partial charge is 0.480 e. The van der Waals surface area contributed by atoms with Crippen LogP contribution in [0.4, 0.5) is 0 Å². The third-order valence-electron chi connectivity index (χ3n) is 7.89. The number of carboxylic acid groups (broad SMARTS) is 1. The highest BCUT2D eigenvalue weighted by Gasteiger charge is 2.35. The summed E-state index contributed by atoms with van der Waals surface area (Å²) in [4.78, 5) is 47.3. The van der Waals surface area contributed by atoms with Crippen molar-refractivity contribution in [3.05, 3.63) is 64.0 Å². The van der Waals surface area contributed by atoms with Crippen LogP contribution in [0.1, 0.15) is 65.9 Å². The Bertz CT molecular complexity index is 1310. The number of nitrogens with one attached hydrogen (secondary N) is 1. The Morgan fingerprint density at radius 2 is 1.92 bits per heavy atom. The third-order valence-corrected chi connectivity index (χ3v) is 8.82. The van der Waals surface area contributed by atoms with Gasteiger partial charge in [-0.25, -0.2) is 0 Å². The number of fused-ring (bicyclic) bond motifs is 1. The minimum atomic E-state index is -1.02. The van der Waals surface area contributed by atoms with E-state index in [4.69, 9.17) is 4.98 Å². The van der Waals surface area contributed by atoms with Gasteiger partial charge in [0.05, 0.1) is 23.7 Å². The Morgan fingerprint density at radius 1 is 1.13 bits per heavy atom. The van der Waals surface area contributed by atoms with Gasteiger partial charge in [-0.05, 0) is 43.2 Å². The van der Waals surface area contributed by atoms with Gasteiger partial charge in [-0.1, -0.05) is 43.5 Å². The van der Waals surface area contributed by atoms with Crippen molar-refractivity contribution in [3.63, 3.8) is 0 Å². The Kier molecular flexibility index (Phi) is 8.04. The molecular formula is C29H34N4O4S. The number of nitrogens with zero attached hydrogens (tertiary/aromatic N) is 3. The molecule has 1 aromatic carbocycles. The lowest BCUT2D eigenvalue weighted by molar-refractivity contribution is -0.147. The molecule has 200 valence electrons. The topological polar surface area (TPSA) is 103 Å². The standard InChI is InChI=1S/C29H34N4O4S/c1-19(20-8-3-2-4-9-20)31-29(37)27-21-10-5-6-11-23(21)30-16-22(27)28(24-12-7-15-38-24)33-14-13-32(18-26(35)36)25(34)17-33/h5-7,10-12,15-16,19-20,28H,2-4,8-9,13-14,17-18H2,1H3,(H,31,37)(H,35,36)/t19-,28?/m0/s1. The number of para-hydroxylation sites is 1. The van der Waals surface area contributed by atoms with Crippen LogP contribution in [0.3, 0.4) is 0 Å². The number of hydrogen-bond donors (Lipinski definition) is 2. The first-order valence-corrected chi connectivity index (χ1v) is 14.3. The van der Waals surface area contributed by atoms with Crippen LogP contribution in [0, 0.1) is 5.92 Å². The number of carbonyl (C=O) groups excluding carboxylic acids is 2. The molecule has 0 spiro atoms. The van der Waals surface area contributed by atoms with Crippen LogP contribution < -0.4 is 5.32 Å². The number of thiophene rings is 1. The third kappa shape index (κ3) is 5.59. The fourth-order valence-corrected chi connectivity index (χ4v) is 6.78. The van der Waals surface area contributed by atoms with Gasteiger partial charge in [0.1, 0.15) is 6.54 Å². The van der Waals surface area contributed by atoms with E-state index in [-0.39, 0.29) is 37.0 Å². The normalized spacial score (nSPS) is 18.9. The number of pyridine rings is 1. The first-order valence-electron chi connectivity index (χ1n) is 13.4. The number of rotatable bonds is 8. The number of aliphatic carboxylic acids is 1. The van der Waals surface area contributed by atoms with Gasteiger partial charge in [-0.15, -0.1) is 11.3 Å². The Labute approximate surface area is 226 Å². The number of carbonyl (C=O) groups is 3. The van der Waals surface area contributed by atoms with E-state index in [2.05, 4.69) is 12.2 Å². The quantitative estimate of drug-likeness (QED) is 0.446. The molecule has 2 fully saturated rings. The van der Waals surface area contributed by atoms with Crippen LogP contribution in [-0.4, -0.2) is 69.9 Å². The number of benzene rings is 1. The van der Waals surface area contributed by atoms with E-state index in [1.54, 1.807) is 17.5 Å². The van der Waals surface area contributed by atoms with E-state index in [1.807, 2.05) is 46.7 Å². The van der Waals surface area contributed by atoms with E-state index in [9.17, 15) is 19.5 Å². The predicted octanol–water partition coefficient (Wildman–Crippen LogP) is 4.31. The van der Waals surface area contributed by atoms with Gasteiger partial charge in [0.15, 0.2) is 0 Å². The molecule has 0 bridgehead atoms. The highest BCUT2D eigenvalue weighted by atomic mass is 32.1. The summed E-state index contributed by atoms with van der Waals surface area (Å²) in [7, 11) is 0. The van der Waals surface area contributed by atoms with Gasteiger partial charge in [-0.2, -0.15) is 0 Å². The SMILES string of the molecule is C[C@H](NC(=O)c1c(C(c2cccs2)N2CCN(CC(=O)O)C(=O)C2)cnc2ccccc12)C1CCCCC1. The summed E-state index contributed by atoms with van der Waals surface area (Å²) < 4.78 is 0. The van der Waals surface area contributed by atoms with Gasteiger partial charge in [-0.3, -0.25) is 24.3 Å². The smallest absolute Gasteiger partial charge is 0.323 e. The lowest BCUT2D eigenvalue weighted by Gasteiger charge is -2.38. The second-order valence-electron chi connectivity index (χ2n) is 10.4. The van der Waals surface area contributed by atoms with Crippen molar-refractivity contribution in [2.24, 2.45) is 5.92 Å². The van der Waals surface area contributed by atoms with Crippen molar-refractivity contribution in [3.8, 4) is 0 Å². The maximum Gasteiger partial charge on any atom is 0.323 e. The second-order valence-corrected chi connectivity index (χ2v) is 11.3. The lowest BCUT2D eigenvalue weighted by Crippen LogP contribution is -2.52. The zero-order chi connectivity index (χ0) is 26.6. The van der Waals surface area contributed by atoms with E-state index >= 15 is 0 Å². The number of amides is 2. The maximum absolute atomic E-state index is 14.0. The summed E-state index contributed by atoms with van der Waals surface area (Å²) in [6.45, 7) is 2.68. The number of hydrogen-bond acceptors (Lipinski definition) is 6. The summed E-state index contributed by atoms with van der Waals surface area (Å²) >= 11 is 1.57. The van der Waals surface area contributed by atoms with Crippen molar-refractivity contribution < 1.29 is 19.5 Å². The summed E-state index contributed by atoms with van der Waals surface area (Å²) in [5, 5.41) is 15.3. The first kappa shape index (κ1) is 26.3. The number of carboxylic acids is 1. The molecule has 2 aromatic heterocycles. The minimum absolute atomic E-state index is 0.0592. The fraction of sp³-hybridized carbons (Fsp3) is 0.448. The molecule has 2 amide bonds. The molecule has 1 aliphatic heterocycles. The summed E-state index contributed by atoms with van der Waals surface area (Å²) in [6, 6.07) is 11.4. The van der Waals surface area contributed by atoms with Gasteiger partial charge < -0.3 is 15.3 Å². The van der Waals surface area contributed by atoms with E-state index < -0.39 is 5.97 Å². The van der Waals surface area contributed by atoms with Crippen LogP contribution in [0.5, 0.6) is 0 Å². The van der Waals surface area contributed by atoms with E-state index in [1.165, 1.54) is 24.2 Å². The Hall–Kier alpha value is -3.30. The molecule has 5 rings (SSSR count). The predicted molar refractivity (Wildman–Crippen MR) is 147 cm³/mol. The molecule has 1 aliphatic carbocycles. The van der Waals surface area contributed by atoms with Crippen LogP contribution in [0.15, 0.2) is 48.0 Å². The molecule has 2 atom stereocenters. The van der Waals surface area contributed by atoms with Crippen molar-refractivity contribution >= 4 is 40.0 Å². The molecule has 2 aliphatic rings. The van der Waals surface area contributed by atoms with Gasteiger partial charge in [0, 0.05) is 41.2 Å². The zero-order valence-corrected chi connectivity index (χ0v) is 22.5. The van der Waals surface area contributed by atoms with Crippen molar-refractivity contribution in [2.45, 2.75) is 51.1 Å². The van der Waals surface area contributed by atoms with E-state index in [0.717, 1.165) is 34.2 Å². The highest BCUT2D eigenvalue weighted by Crippen LogP contribution is 2.37. The van der Waals surface area contributed by atoms with Gasteiger partial charge in [0.2, 0.25) is 5.91 Å². The molecule has 8 nitrogen and oxygen atoms in total. The number of piperazine rings is 1. The lowest BCUT2D eigenvalue weighted by atomic mass is 9.84. The molecule has 9 heteroatoms. The first-order chi connectivity index (χ1) is 18.4. The molecule has 3 heterocycles. The van der Waals surface area contributed by atoms with Crippen LogP contribution in [-0.2, 0) is 9.59 Å². The molecule has 3 aromatic rings. The monoisotopic (exact) mass is 534 g/mol. The Morgan fingerprint density at radius 3 is 2.63 bits per heavy atom. The molecule has 1 unspecified atom stereocenters. The van der Waals surface area contributed by atoms with Crippen molar-refractivity contribution in [2.75, 3.05) is 26.2 Å². The molecule has 1 saturated heterocycles. The minimum Gasteiger partial charge on any atom is -0.480 e. The molecule has 1 saturated carbocycles. The number of aromatic nitrogens is 1. The average molecular weight is 535 g/mol. The summed E-state index contributed by atoms with van der Waals surface area (Å²) in [6.07, 6.45) is 7.71. The summed E-state index contributed by atoms with van der Waals surface area (Å²) in [5.41, 5.74) is 2.11. The van der Waals surface area contributed by atoms with Crippen molar-refractivity contribution in [1.29, 1.82) is 0 Å². The van der Waals surface area contributed by atoms with Gasteiger partial charge >= 0.3 is 5.97 Å². The molecular weight excluding hydrogens is 500 g/mol. The second kappa shape index (κ2) is 11.6. The van der Waals surface area contributed by atoms with Crippen molar-refractivity contribution in [1.82, 2.24) is 20.1 Å². The van der Waals surface area contributed by atoms with Gasteiger partial charge in [0.25, 0.3) is 5.91 Å². The molecule has 38 heavy (non-hydrogen) atoms. The van der Waals surface area contributed by atoms with Crippen LogP contribution >= 0.6 is 11.3 Å². The maximum atomic E-state index is 14.0.